The van der Waals surface area contributed by atoms with Crippen LogP contribution in [0.2, 0.25) is 0 Å². The Bertz CT molecular complexity index is 436. The van der Waals surface area contributed by atoms with Crippen molar-refractivity contribution < 1.29 is 9.59 Å². The van der Waals surface area contributed by atoms with Crippen molar-refractivity contribution in [2.24, 2.45) is 11.3 Å². The third kappa shape index (κ3) is 3.57. The van der Waals surface area contributed by atoms with E-state index < -0.39 is 11.3 Å². The summed E-state index contributed by atoms with van der Waals surface area (Å²) in [5.74, 6) is 4.54. The van der Waals surface area contributed by atoms with Crippen molar-refractivity contribution in [3.05, 3.63) is 29.8 Å². The Morgan fingerprint density at radius 1 is 1.24 bits per heavy atom. The molecule has 5 heteroatoms. The quantitative estimate of drug-likeness (QED) is 0.410. The van der Waals surface area contributed by atoms with Crippen LogP contribution < -0.4 is 16.6 Å². The maximum absolute atomic E-state index is 11.7. The fourth-order valence-corrected chi connectivity index (χ4v) is 1.14. The first-order valence-electron chi connectivity index (χ1n) is 5.27. The van der Waals surface area contributed by atoms with E-state index in [1.807, 2.05) is 26.2 Å². The molecule has 0 saturated heterocycles. The Balaban J connectivity index is 2.87. The van der Waals surface area contributed by atoms with Crippen molar-refractivity contribution >= 4 is 17.5 Å². The molecule has 0 aliphatic heterocycles. The number of carbonyl (C=O) groups excluding carboxylic acids is 2. The van der Waals surface area contributed by atoms with Crippen molar-refractivity contribution in [2.75, 3.05) is 5.32 Å². The molecular weight excluding hydrogens is 218 g/mol. The van der Waals surface area contributed by atoms with Gasteiger partial charge in [0.2, 0.25) is 5.91 Å². The van der Waals surface area contributed by atoms with Crippen LogP contribution in [0.4, 0.5) is 5.69 Å². The van der Waals surface area contributed by atoms with E-state index in [1.165, 1.54) is 0 Å². The predicted molar refractivity (Wildman–Crippen MR) is 66.2 cm³/mol. The SMILES string of the molecule is CC(C)(C)C(=O)Nc1cccc(C(=O)NN)c1. The highest BCUT2D eigenvalue weighted by Gasteiger charge is 2.21. The summed E-state index contributed by atoms with van der Waals surface area (Å²) in [6, 6.07) is 6.60. The zero-order chi connectivity index (χ0) is 13.1. The van der Waals surface area contributed by atoms with Gasteiger partial charge in [0.25, 0.3) is 5.91 Å². The minimum absolute atomic E-state index is 0.109. The first kappa shape index (κ1) is 13.2. The van der Waals surface area contributed by atoms with E-state index in [0.29, 0.717) is 11.3 Å². The highest BCUT2D eigenvalue weighted by Crippen LogP contribution is 2.18. The van der Waals surface area contributed by atoms with Crippen LogP contribution in [0, 0.1) is 5.41 Å². The summed E-state index contributed by atoms with van der Waals surface area (Å²) in [5, 5.41) is 2.74. The van der Waals surface area contributed by atoms with E-state index in [2.05, 4.69) is 5.32 Å². The monoisotopic (exact) mass is 235 g/mol. The number of hydrogen-bond acceptors (Lipinski definition) is 3. The molecule has 0 spiro atoms. The van der Waals surface area contributed by atoms with E-state index in [-0.39, 0.29) is 5.91 Å². The maximum atomic E-state index is 11.7. The molecule has 17 heavy (non-hydrogen) atoms. The fourth-order valence-electron chi connectivity index (χ4n) is 1.14. The van der Waals surface area contributed by atoms with Gasteiger partial charge in [-0.2, -0.15) is 0 Å². The zero-order valence-electron chi connectivity index (χ0n) is 10.2. The molecule has 0 fully saturated rings. The molecule has 0 atom stereocenters. The van der Waals surface area contributed by atoms with Crippen LogP contribution in [0.5, 0.6) is 0 Å². The van der Waals surface area contributed by atoms with Crippen LogP contribution >= 0.6 is 0 Å². The summed E-state index contributed by atoms with van der Waals surface area (Å²) in [6.07, 6.45) is 0. The highest BCUT2D eigenvalue weighted by molar-refractivity contribution is 5.98. The van der Waals surface area contributed by atoms with Gasteiger partial charge in [-0.25, -0.2) is 5.84 Å². The molecule has 0 radical (unpaired) electrons. The van der Waals surface area contributed by atoms with E-state index in [0.717, 1.165) is 0 Å². The summed E-state index contributed by atoms with van der Waals surface area (Å²) in [6.45, 7) is 5.45. The maximum Gasteiger partial charge on any atom is 0.265 e. The van der Waals surface area contributed by atoms with Crippen LogP contribution in [0.1, 0.15) is 31.1 Å². The number of amides is 2. The molecule has 5 nitrogen and oxygen atoms in total. The zero-order valence-corrected chi connectivity index (χ0v) is 10.2. The van der Waals surface area contributed by atoms with Crippen molar-refractivity contribution in [2.45, 2.75) is 20.8 Å². The van der Waals surface area contributed by atoms with Crippen molar-refractivity contribution in [3.63, 3.8) is 0 Å². The highest BCUT2D eigenvalue weighted by atomic mass is 16.2. The Hall–Kier alpha value is -1.88. The number of hydrazine groups is 1. The van der Waals surface area contributed by atoms with Gasteiger partial charge in [-0.1, -0.05) is 26.8 Å². The topological polar surface area (TPSA) is 84.2 Å². The Kier molecular flexibility index (Phi) is 3.85. The van der Waals surface area contributed by atoms with Crippen molar-refractivity contribution in [1.82, 2.24) is 5.43 Å². The van der Waals surface area contributed by atoms with E-state index >= 15 is 0 Å². The molecule has 92 valence electrons. The first-order valence-corrected chi connectivity index (χ1v) is 5.27. The Morgan fingerprint density at radius 2 is 1.88 bits per heavy atom. The first-order chi connectivity index (χ1) is 7.84. The molecule has 0 bridgehead atoms. The summed E-state index contributed by atoms with van der Waals surface area (Å²) in [4.78, 5) is 23.0. The molecule has 0 saturated carbocycles. The normalized spacial score (nSPS) is 10.8. The largest absolute Gasteiger partial charge is 0.326 e. The molecule has 0 aromatic heterocycles. The van der Waals surface area contributed by atoms with Crippen LogP contribution in [0.15, 0.2) is 24.3 Å². The van der Waals surface area contributed by atoms with Gasteiger partial charge in [0.15, 0.2) is 0 Å². The summed E-state index contributed by atoms with van der Waals surface area (Å²) in [5.41, 5.74) is 2.54. The molecule has 1 rings (SSSR count). The summed E-state index contributed by atoms with van der Waals surface area (Å²) >= 11 is 0. The lowest BCUT2D eigenvalue weighted by molar-refractivity contribution is -0.123. The van der Waals surface area contributed by atoms with Gasteiger partial charge < -0.3 is 5.32 Å². The average Bonchev–Trinajstić information content (AvgIpc) is 2.27. The van der Waals surface area contributed by atoms with Crippen LogP contribution in [0.3, 0.4) is 0 Å². The Labute approximate surface area is 100 Å². The Morgan fingerprint density at radius 3 is 2.41 bits per heavy atom. The molecule has 0 heterocycles. The van der Waals surface area contributed by atoms with Gasteiger partial charge in [0.05, 0.1) is 0 Å². The lowest BCUT2D eigenvalue weighted by Crippen LogP contribution is -2.30. The number of rotatable bonds is 2. The molecule has 4 N–H and O–H groups in total. The van der Waals surface area contributed by atoms with Gasteiger partial charge in [-0.3, -0.25) is 15.0 Å². The number of nitrogen functional groups attached to an aromatic ring is 1. The summed E-state index contributed by atoms with van der Waals surface area (Å²) < 4.78 is 0. The van der Waals surface area contributed by atoms with Crippen LogP contribution in [0.25, 0.3) is 0 Å². The number of carbonyl (C=O) groups is 2. The second kappa shape index (κ2) is 4.97. The molecular formula is C12H17N3O2. The lowest BCUT2D eigenvalue weighted by Gasteiger charge is -2.17. The van der Waals surface area contributed by atoms with Gasteiger partial charge in [-0.15, -0.1) is 0 Å². The molecule has 0 unspecified atom stereocenters. The van der Waals surface area contributed by atoms with Gasteiger partial charge in [0, 0.05) is 16.7 Å². The van der Waals surface area contributed by atoms with Crippen LogP contribution in [-0.2, 0) is 4.79 Å². The molecule has 1 aromatic carbocycles. The van der Waals surface area contributed by atoms with E-state index in [4.69, 9.17) is 5.84 Å². The van der Waals surface area contributed by atoms with Gasteiger partial charge in [-0.05, 0) is 18.2 Å². The fraction of sp³-hybridized carbons (Fsp3) is 0.333. The van der Waals surface area contributed by atoms with E-state index in [9.17, 15) is 9.59 Å². The van der Waals surface area contributed by atoms with Crippen LogP contribution in [-0.4, -0.2) is 11.8 Å². The average molecular weight is 235 g/mol. The minimum atomic E-state index is -0.480. The molecule has 0 aliphatic carbocycles. The van der Waals surface area contributed by atoms with Gasteiger partial charge in [0.1, 0.15) is 0 Å². The lowest BCUT2D eigenvalue weighted by atomic mass is 9.95. The molecule has 0 aliphatic rings. The number of nitrogens with two attached hydrogens (primary N) is 1. The number of hydrogen-bond donors (Lipinski definition) is 3. The van der Waals surface area contributed by atoms with Gasteiger partial charge >= 0.3 is 0 Å². The van der Waals surface area contributed by atoms with Crippen molar-refractivity contribution in [1.29, 1.82) is 0 Å². The predicted octanol–water partition coefficient (Wildman–Crippen LogP) is 1.27. The third-order valence-corrected chi connectivity index (χ3v) is 2.19. The second-order valence-electron chi connectivity index (χ2n) is 4.76. The number of anilines is 1. The molecule has 2 amide bonds. The smallest absolute Gasteiger partial charge is 0.265 e. The summed E-state index contributed by atoms with van der Waals surface area (Å²) in [7, 11) is 0. The number of benzene rings is 1. The van der Waals surface area contributed by atoms with Crippen molar-refractivity contribution in [3.8, 4) is 0 Å². The minimum Gasteiger partial charge on any atom is -0.326 e. The molecule has 1 aromatic rings. The number of nitrogens with one attached hydrogen (secondary N) is 2. The second-order valence-corrected chi connectivity index (χ2v) is 4.76. The van der Waals surface area contributed by atoms with E-state index in [1.54, 1.807) is 24.3 Å². The third-order valence-electron chi connectivity index (χ3n) is 2.19. The standard InChI is InChI=1S/C12H17N3O2/c1-12(2,3)11(17)14-9-6-4-5-8(7-9)10(16)15-13/h4-7H,13H2,1-3H3,(H,14,17)(H,15,16).